The molecule has 35 heavy (non-hydrogen) atoms. The van der Waals surface area contributed by atoms with Crippen LogP contribution in [0.1, 0.15) is 39.5 Å². The highest BCUT2D eigenvalue weighted by Crippen LogP contribution is 2.34. The largest absolute Gasteiger partial charge is 0.484 e. The number of fused-ring (bicyclic) bond motifs is 1. The Balaban J connectivity index is 1.29. The average Bonchev–Trinajstić information content (AvgIpc) is 3.58. The number of rotatable bonds is 9. The summed E-state index contributed by atoms with van der Waals surface area (Å²) in [6.45, 7) is 0.389. The van der Waals surface area contributed by atoms with E-state index in [4.69, 9.17) is 25.5 Å². The van der Waals surface area contributed by atoms with E-state index in [1.165, 1.54) is 4.90 Å². The lowest BCUT2D eigenvalue weighted by Crippen LogP contribution is -2.38. The van der Waals surface area contributed by atoms with Gasteiger partial charge >= 0.3 is 0 Å². The maximum Gasteiger partial charge on any atom is 0.287 e. The standard InChI is InChI=1S/C26H23ClN2O6/c27-19-3-1-2-4-22(19)33-14-21(30)17-7-9-23-20(11-17)29(25(31)15-34-23)13-18-8-10-24(35-18)26(32)28-12-16-5-6-16/h1-4,7-11,16H,5-6,12-15H2,(H,28,32). The fourth-order valence-corrected chi connectivity index (χ4v) is 3.91. The molecule has 1 aromatic heterocycles. The molecular formula is C26H23ClN2O6. The number of anilines is 1. The minimum absolute atomic E-state index is 0.0961. The van der Waals surface area contributed by atoms with E-state index in [9.17, 15) is 14.4 Å². The predicted molar refractivity (Wildman–Crippen MR) is 128 cm³/mol. The van der Waals surface area contributed by atoms with Crippen LogP contribution in [-0.4, -0.2) is 37.4 Å². The van der Waals surface area contributed by atoms with E-state index in [1.54, 1.807) is 54.6 Å². The first-order valence-electron chi connectivity index (χ1n) is 11.3. The Bertz CT molecular complexity index is 1280. The molecule has 0 bridgehead atoms. The predicted octanol–water partition coefficient (Wildman–Crippen LogP) is 4.26. The molecule has 0 radical (unpaired) electrons. The minimum Gasteiger partial charge on any atom is -0.484 e. The summed E-state index contributed by atoms with van der Waals surface area (Å²) in [4.78, 5) is 39.2. The number of para-hydroxylation sites is 1. The molecule has 1 aliphatic heterocycles. The number of halogens is 1. The molecule has 5 rings (SSSR count). The molecule has 1 N–H and O–H groups in total. The van der Waals surface area contributed by atoms with Gasteiger partial charge in [-0.25, -0.2) is 0 Å². The van der Waals surface area contributed by atoms with Gasteiger partial charge in [0.2, 0.25) is 0 Å². The van der Waals surface area contributed by atoms with Gasteiger partial charge in [0.1, 0.15) is 17.3 Å². The Morgan fingerprint density at radius 1 is 1.11 bits per heavy atom. The Hall–Kier alpha value is -3.78. The number of Topliss-reactive ketones (excluding diaryl/α,β-unsaturated/α-hetero) is 1. The van der Waals surface area contributed by atoms with Crippen molar-refractivity contribution < 1.29 is 28.3 Å². The van der Waals surface area contributed by atoms with E-state index in [-0.39, 0.29) is 43.1 Å². The molecule has 8 nitrogen and oxygen atoms in total. The van der Waals surface area contributed by atoms with E-state index >= 15 is 0 Å². The van der Waals surface area contributed by atoms with Crippen molar-refractivity contribution >= 4 is 34.9 Å². The van der Waals surface area contributed by atoms with Gasteiger partial charge in [0.05, 0.1) is 17.3 Å². The van der Waals surface area contributed by atoms with Crippen LogP contribution in [-0.2, 0) is 11.3 Å². The summed E-state index contributed by atoms with van der Waals surface area (Å²) in [6.07, 6.45) is 2.28. The normalized spacial score (nSPS) is 14.8. The molecule has 0 atom stereocenters. The van der Waals surface area contributed by atoms with Crippen LogP contribution in [0, 0.1) is 5.92 Å². The average molecular weight is 495 g/mol. The number of benzene rings is 2. The van der Waals surface area contributed by atoms with Crippen LogP contribution in [0.15, 0.2) is 59.0 Å². The van der Waals surface area contributed by atoms with Gasteiger partial charge in [-0.1, -0.05) is 23.7 Å². The number of carbonyl (C=O) groups is 3. The van der Waals surface area contributed by atoms with Gasteiger partial charge in [-0.05, 0) is 61.2 Å². The molecule has 180 valence electrons. The van der Waals surface area contributed by atoms with Crippen LogP contribution in [0.25, 0.3) is 0 Å². The highest BCUT2D eigenvalue weighted by Gasteiger charge is 2.28. The van der Waals surface area contributed by atoms with Crippen LogP contribution in [0.3, 0.4) is 0 Å². The van der Waals surface area contributed by atoms with Crippen molar-refractivity contribution in [1.82, 2.24) is 5.32 Å². The van der Waals surface area contributed by atoms with Gasteiger partial charge in [-0.3, -0.25) is 19.3 Å². The minimum atomic E-state index is -0.287. The molecule has 3 aromatic rings. The summed E-state index contributed by atoms with van der Waals surface area (Å²) in [6, 6.07) is 15.0. The molecule has 0 saturated heterocycles. The molecule has 2 amide bonds. The van der Waals surface area contributed by atoms with Crippen molar-refractivity contribution in [2.45, 2.75) is 19.4 Å². The van der Waals surface area contributed by atoms with Gasteiger partial charge in [-0.15, -0.1) is 0 Å². The van der Waals surface area contributed by atoms with E-state index in [1.807, 2.05) is 0 Å². The highest BCUT2D eigenvalue weighted by atomic mass is 35.5. The van der Waals surface area contributed by atoms with Crippen LogP contribution >= 0.6 is 11.6 Å². The molecule has 1 fully saturated rings. The second-order valence-corrected chi connectivity index (χ2v) is 8.92. The van der Waals surface area contributed by atoms with Gasteiger partial charge in [0.25, 0.3) is 11.8 Å². The number of nitrogens with zero attached hydrogens (tertiary/aromatic N) is 1. The Morgan fingerprint density at radius 2 is 1.94 bits per heavy atom. The van der Waals surface area contributed by atoms with Crippen LogP contribution in [0.4, 0.5) is 5.69 Å². The first kappa shape index (κ1) is 23.0. The third-order valence-electron chi connectivity index (χ3n) is 5.87. The van der Waals surface area contributed by atoms with Gasteiger partial charge in [-0.2, -0.15) is 0 Å². The quantitative estimate of drug-likeness (QED) is 0.446. The number of nitrogens with one attached hydrogen (secondary N) is 1. The molecule has 1 saturated carbocycles. The summed E-state index contributed by atoms with van der Waals surface area (Å²) >= 11 is 6.09. The second-order valence-electron chi connectivity index (χ2n) is 8.51. The van der Waals surface area contributed by atoms with Gasteiger partial charge < -0.3 is 19.2 Å². The van der Waals surface area contributed by atoms with Gasteiger partial charge in [0, 0.05) is 12.1 Å². The van der Waals surface area contributed by atoms with E-state index in [0.717, 1.165) is 12.8 Å². The number of hydrogen-bond donors (Lipinski definition) is 1. The number of furan rings is 1. The van der Waals surface area contributed by atoms with Crippen LogP contribution < -0.4 is 19.7 Å². The monoisotopic (exact) mass is 494 g/mol. The zero-order chi connectivity index (χ0) is 24.4. The van der Waals surface area contributed by atoms with Crippen molar-refractivity contribution in [3.05, 3.63) is 76.7 Å². The number of ketones is 1. The zero-order valence-electron chi connectivity index (χ0n) is 18.8. The first-order chi connectivity index (χ1) is 17.0. The van der Waals surface area contributed by atoms with Crippen molar-refractivity contribution in [1.29, 1.82) is 0 Å². The van der Waals surface area contributed by atoms with Crippen LogP contribution in [0.2, 0.25) is 5.02 Å². The Morgan fingerprint density at radius 3 is 2.74 bits per heavy atom. The molecule has 0 spiro atoms. The molecule has 1 aliphatic carbocycles. The smallest absolute Gasteiger partial charge is 0.287 e. The summed E-state index contributed by atoms with van der Waals surface area (Å²) in [5, 5.41) is 3.27. The first-order valence-corrected chi connectivity index (χ1v) is 11.7. The number of carbonyl (C=O) groups excluding carboxylic acids is 3. The third-order valence-corrected chi connectivity index (χ3v) is 6.18. The highest BCUT2D eigenvalue weighted by molar-refractivity contribution is 6.32. The second kappa shape index (κ2) is 9.84. The fourth-order valence-electron chi connectivity index (χ4n) is 3.72. The lowest BCUT2D eigenvalue weighted by molar-refractivity contribution is -0.121. The van der Waals surface area contributed by atoms with Crippen molar-refractivity contribution in [2.24, 2.45) is 5.92 Å². The Labute approximate surface area is 206 Å². The summed E-state index contributed by atoms with van der Waals surface area (Å²) in [5.74, 6) is 1.25. The Kier molecular flexibility index (Phi) is 6.46. The molecule has 2 aromatic carbocycles. The molecule has 9 heteroatoms. The maximum atomic E-state index is 12.8. The van der Waals surface area contributed by atoms with Crippen molar-refractivity contribution in [3.8, 4) is 11.5 Å². The topological polar surface area (TPSA) is 98.1 Å². The van der Waals surface area contributed by atoms with E-state index < -0.39 is 0 Å². The fraction of sp³-hybridized carbons (Fsp3) is 0.269. The van der Waals surface area contributed by atoms with Crippen molar-refractivity contribution in [3.63, 3.8) is 0 Å². The van der Waals surface area contributed by atoms with Crippen LogP contribution in [0.5, 0.6) is 11.5 Å². The zero-order valence-corrected chi connectivity index (χ0v) is 19.5. The molecule has 0 unspecified atom stereocenters. The lowest BCUT2D eigenvalue weighted by atomic mass is 10.1. The molecular weight excluding hydrogens is 472 g/mol. The van der Waals surface area contributed by atoms with E-state index in [2.05, 4.69) is 5.32 Å². The summed E-state index contributed by atoms with van der Waals surface area (Å²) in [5.41, 5.74) is 0.805. The molecule has 2 aliphatic rings. The SMILES string of the molecule is O=C(COc1ccccc1Cl)c1ccc2c(c1)N(Cc1ccc(C(=O)NCC3CC3)o1)C(=O)CO2. The summed E-state index contributed by atoms with van der Waals surface area (Å²) < 4.78 is 16.8. The maximum absolute atomic E-state index is 12.8. The number of hydrogen-bond acceptors (Lipinski definition) is 6. The number of ether oxygens (including phenoxy) is 2. The van der Waals surface area contributed by atoms with Crippen molar-refractivity contribution in [2.75, 3.05) is 24.7 Å². The summed E-state index contributed by atoms with van der Waals surface area (Å²) in [7, 11) is 0. The lowest BCUT2D eigenvalue weighted by Gasteiger charge is -2.29. The third kappa shape index (κ3) is 5.33. The molecule has 2 heterocycles. The van der Waals surface area contributed by atoms with E-state index in [0.29, 0.717) is 46.0 Å². The number of amides is 2. The van der Waals surface area contributed by atoms with Gasteiger partial charge in [0.15, 0.2) is 24.8 Å².